The molecule has 3 aromatic rings. The van der Waals surface area contributed by atoms with E-state index in [1.165, 1.54) is 11.1 Å². The highest BCUT2D eigenvalue weighted by Gasteiger charge is 2.21. The maximum absolute atomic E-state index is 12.0. The van der Waals surface area contributed by atoms with Crippen molar-refractivity contribution in [2.24, 2.45) is 0 Å². The molecule has 0 amide bonds. The molecule has 2 aromatic carbocycles. The number of non-ortho nitro benzene ring substituents is 1. The molecule has 0 saturated carbocycles. The van der Waals surface area contributed by atoms with Gasteiger partial charge in [-0.15, -0.1) is 0 Å². The summed E-state index contributed by atoms with van der Waals surface area (Å²) in [6.45, 7) is 4.30. The molecule has 1 saturated heterocycles. The van der Waals surface area contributed by atoms with Crippen molar-refractivity contribution in [1.82, 2.24) is 9.78 Å². The van der Waals surface area contributed by atoms with E-state index in [2.05, 4.69) is 10.00 Å². The topological polar surface area (TPSA) is 85.7 Å². The Hall–Kier alpha value is -3.26. The van der Waals surface area contributed by atoms with Crippen molar-refractivity contribution >= 4 is 22.3 Å². The number of nitrogens with zero attached hydrogens (tertiary/aromatic N) is 4. The number of nitro benzene ring substituents is 1. The Kier molecular flexibility index (Phi) is 4.55. The molecule has 1 aliphatic heterocycles. The van der Waals surface area contributed by atoms with Gasteiger partial charge in [-0.1, -0.05) is 12.1 Å². The van der Waals surface area contributed by atoms with Crippen molar-refractivity contribution in [2.45, 2.75) is 6.67 Å². The van der Waals surface area contributed by atoms with E-state index in [1.54, 1.807) is 24.3 Å². The highest BCUT2D eigenvalue weighted by atomic mass is 16.6. The lowest BCUT2D eigenvalue weighted by atomic mass is 10.2. The molecule has 27 heavy (non-hydrogen) atoms. The van der Waals surface area contributed by atoms with Crippen LogP contribution in [0, 0.1) is 10.1 Å². The van der Waals surface area contributed by atoms with E-state index in [0.29, 0.717) is 12.1 Å². The predicted molar refractivity (Wildman–Crippen MR) is 102 cm³/mol. The van der Waals surface area contributed by atoms with Crippen LogP contribution in [-0.2, 0) is 6.67 Å². The molecule has 8 nitrogen and oxygen atoms in total. The minimum absolute atomic E-state index is 0.0557. The van der Waals surface area contributed by atoms with Crippen molar-refractivity contribution in [1.29, 1.82) is 0 Å². The number of hydrogen-bond acceptors (Lipinski definition) is 5. The van der Waals surface area contributed by atoms with E-state index in [0.717, 1.165) is 37.4 Å². The van der Waals surface area contributed by atoms with Gasteiger partial charge < -0.3 is 9.80 Å². The van der Waals surface area contributed by atoms with Crippen LogP contribution in [0.3, 0.4) is 0 Å². The fraction of sp³-hybridized carbons (Fsp3) is 0.263. The van der Waals surface area contributed by atoms with Crippen LogP contribution in [0.1, 0.15) is 0 Å². The van der Waals surface area contributed by atoms with Gasteiger partial charge >= 0.3 is 0 Å². The molecule has 8 heteroatoms. The number of para-hydroxylation sites is 1. The first-order valence-corrected chi connectivity index (χ1v) is 8.90. The van der Waals surface area contributed by atoms with E-state index in [9.17, 15) is 14.9 Å². The third-order valence-electron chi connectivity index (χ3n) is 5.03. The number of nitrogens with one attached hydrogen (secondary N) is 1. The number of nitro groups is 1. The summed E-state index contributed by atoms with van der Waals surface area (Å²) in [6.07, 6.45) is 1.38. The summed E-state index contributed by atoms with van der Waals surface area (Å²) >= 11 is 0. The van der Waals surface area contributed by atoms with Crippen LogP contribution in [-0.4, -0.2) is 40.9 Å². The van der Waals surface area contributed by atoms with Crippen LogP contribution in [0.25, 0.3) is 10.9 Å². The maximum atomic E-state index is 12.0. The normalized spacial score (nSPS) is 15.2. The summed E-state index contributed by atoms with van der Waals surface area (Å²) in [7, 11) is 0. The number of benzene rings is 2. The zero-order valence-corrected chi connectivity index (χ0v) is 14.7. The summed E-state index contributed by atoms with van der Waals surface area (Å²) < 4.78 is 1.90. The fourth-order valence-electron chi connectivity index (χ4n) is 3.52. The van der Waals surface area contributed by atoms with Gasteiger partial charge in [0.1, 0.15) is 0 Å². The quantitative estimate of drug-likeness (QED) is 0.542. The molecule has 0 unspecified atom stereocenters. The molecule has 2 heterocycles. The summed E-state index contributed by atoms with van der Waals surface area (Å²) in [4.78, 5) is 26.0. The highest BCUT2D eigenvalue weighted by Crippen LogP contribution is 2.19. The number of fused-ring (bicyclic) bond motifs is 1. The van der Waals surface area contributed by atoms with Crippen molar-refractivity contribution in [3.63, 3.8) is 0 Å². The summed E-state index contributed by atoms with van der Waals surface area (Å²) in [6, 6.07) is 14.2. The predicted octanol–water partition coefficient (Wildman–Crippen LogP) is 0.667. The summed E-state index contributed by atoms with van der Waals surface area (Å²) in [5.41, 5.74) is 1.92. The average molecular weight is 366 g/mol. The highest BCUT2D eigenvalue weighted by molar-refractivity contribution is 5.77. The van der Waals surface area contributed by atoms with E-state index < -0.39 is 0 Å². The van der Waals surface area contributed by atoms with Crippen molar-refractivity contribution < 1.29 is 9.82 Å². The van der Waals surface area contributed by atoms with Crippen LogP contribution in [0.5, 0.6) is 0 Å². The molecule has 0 radical (unpaired) electrons. The number of piperazine rings is 1. The molecule has 1 aliphatic rings. The Morgan fingerprint density at radius 2 is 1.78 bits per heavy atom. The van der Waals surface area contributed by atoms with E-state index >= 15 is 0 Å². The second kappa shape index (κ2) is 7.16. The van der Waals surface area contributed by atoms with Crippen LogP contribution >= 0.6 is 0 Å². The van der Waals surface area contributed by atoms with Crippen molar-refractivity contribution in [3.05, 3.63) is 75.1 Å². The Balaban J connectivity index is 1.44. The first-order valence-electron chi connectivity index (χ1n) is 8.90. The van der Waals surface area contributed by atoms with Gasteiger partial charge in [0.25, 0.3) is 5.69 Å². The smallest absolute Gasteiger partial charge is 0.269 e. The zero-order chi connectivity index (χ0) is 18.8. The number of rotatable bonds is 4. The molecule has 1 aromatic heterocycles. The Morgan fingerprint density at radius 1 is 1.07 bits per heavy atom. The van der Waals surface area contributed by atoms with Gasteiger partial charge in [0.15, 0.2) is 6.67 Å². The molecule has 0 atom stereocenters. The molecule has 138 valence electrons. The molecule has 0 bridgehead atoms. The van der Waals surface area contributed by atoms with Gasteiger partial charge in [-0.2, -0.15) is 5.10 Å². The minimum atomic E-state index is -0.381. The first kappa shape index (κ1) is 17.2. The third-order valence-corrected chi connectivity index (χ3v) is 5.03. The average Bonchev–Trinajstić information content (AvgIpc) is 2.71. The Morgan fingerprint density at radius 3 is 2.48 bits per heavy atom. The number of hydrogen-bond donors (Lipinski definition) is 1. The first-order chi connectivity index (χ1) is 13.1. The minimum Gasteiger partial charge on any atom is -0.360 e. The largest absolute Gasteiger partial charge is 0.360 e. The van der Waals surface area contributed by atoms with Crippen LogP contribution in [0.4, 0.5) is 11.4 Å². The maximum Gasteiger partial charge on any atom is 0.269 e. The summed E-state index contributed by atoms with van der Waals surface area (Å²) in [5.74, 6) is 0. The number of quaternary nitrogens is 1. The Bertz CT molecular complexity index is 1020. The molecule has 0 spiro atoms. The number of anilines is 1. The van der Waals surface area contributed by atoms with Crippen LogP contribution in [0.15, 0.2) is 59.5 Å². The molecule has 1 fully saturated rings. The van der Waals surface area contributed by atoms with Crippen molar-refractivity contribution in [3.8, 4) is 0 Å². The van der Waals surface area contributed by atoms with Gasteiger partial charge in [-0.05, 0) is 24.3 Å². The van der Waals surface area contributed by atoms with Crippen LogP contribution in [0.2, 0.25) is 0 Å². The van der Waals surface area contributed by atoms with Crippen LogP contribution < -0.4 is 15.2 Å². The molecule has 1 N–H and O–H groups in total. The monoisotopic (exact) mass is 366 g/mol. The zero-order valence-electron chi connectivity index (χ0n) is 14.7. The lowest BCUT2D eigenvalue weighted by Crippen LogP contribution is -3.14. The molecular weight excluding hydrogens is 346 g/mol. The standard InChI is InChI=1S/C19H19N5O3/c25-19-13-20-23(18-4-2-1-3-17(18)19)14-21-9-11-22(12-10-21)15-5-7-16(8-6-15)24(26)27/h1-8,13H,9-12,14H2/p+1. The number of aromatic nitrogens is 2. The van der Waals surface area contributed by atoms with Gasteiger partial charge in [0.2, 0.25) is 5.43 Å². The lowest BCUT2D eigenvalue weighted by Gasteiger charge is -2.33. The second-order valence-electron chi connectivity index (χ2n) is 6.69. The fourth-order valence-corrected chi connectivity index (χ4v) is 3.52. The van der Waals surface area contributed by atoms with E-state index in [4.69, 9.17) is 0 Å². The van der Waals surface area contributed by atoms with E-state index in [1.807, 2.05) is 28.9 Å². The third kappa shape index (κ3) is 3.52. The summed E-state index contributed by atoms with van der Waals surface area (Å²) in [5, 5.41) is 15.8. The van der Waals surface area contributed by atoms with Gasteiger partial charge in [-0.25, -0.2) is 4.68 Å². The SMILES string of the molecule is O=c1cnn(C[NH+]2CCN(c3ccc([N+](=O)[O-])cc3)CC2)c2ccccc12. The molecule has 4 rings (SSSR count). The Labute approximate surface area is 155 Å². The molecular formula is C19H20N5O3+. The van der Waals surface area contributed by atoms with Gasteiger partial charge in [0.05, 0.1) is 42.8 Å². The molecule has 0 aliphatic carbocycles. The van der Waals surface area contributed by atoms with Gasteiger partial charge in [-0.3, -0.25) is 14.9 Å². The lowest BCUT2D eigenvalue weighted by molar-refractivity contribution is -0.923. The van der Waals surface area contributed by atoms with Gasteiger partial charge in [0, 0.05) is 23.2 Å². The second-order valence-corrected chi connectivity index (χ2v) is 6.69. The van der Waals surface area contributed by atoms with Crippen molar-refractivity contribution in [2.75, 3.05) is 31.1 Å². The van der Waals surface area contributed by atoms with E-state index in [-0.39, 0.29) is 16.0 Å².